The normalized spacial score (nSPS) is 20.0. The number of aliphatic imine (C=N–C) groups is 1. The minimum atomic E-state index is -0.0108. The zero-order valence-corrected chi connectivity index (χ0v) is 19.9. The van der Waals surface area contributed by atoms with Gasteiger partial charge in [0.15, 0.2) is 5.96 Å². The van der Waals surface area contributed by atoms with Crippen LogP contribution >= 0.6 is 11.8 Å². The molecule has 1 aliphatic heterocycles. The van der Waals surface area contributed by atoms with Crippen molar-refractivity contribution in [1.29, 1.82) is 0 Å². The lowest BCUT2D eigenvalue weighted by Crippen LogP contribution is -2.48. The molecule has 1 heterocycles. The number of carbonyl (C=O) groups excluding carboxylic acids is 1. The van der Waals surface area contributed by atoms with E-state index in [0.29, 0.717) is 11.9 Å². The summed E-state index contributed by atoms with van der Waals surface area (Å²) in [4.78, 5) is 19.3. The van der Waals surface area contributed by atoms with Crippen molar-refractivity contribution in [3.63, 3.8) is 0 Å². The van der Waals surface area contributed by atoms with E-state index >= 15 is 0 Å². The van der Waals surface area contributed by atoms with Gasteiger partial charge in [0, 0.05) is 50.4 Å². The lowest BCUT2D eigenvalue weighted by molar-refractivity contribution is -0.127. The topological polar surface area (TPSA) is 66.0 Å². The van der Waals surface area contributed by atoms with Crippen LogP contribution in [0.4, 0.5) is 0 Å². The maximum absolute atomic E-state index is 12.0. The number of nitrogens with one attached hydrogen (secondary N) is 2. The number of guanidine groups is 1. The van der Waals surface area contributed by atoms with Crippen LogP contribution in [0, 0.1) is 11.3 Å². The highest BCUT2D eigenvalue weighted by Gasteiger charge is 2.35. The van der Waals surface area contributed by atoms with Crippen LogP contribution in [0.25, 0.3) is 0 Å². The average Bonchev–Trinajstić information content (AvgIpc) is 2.72. The number of ether oxygens (including phenoxy) is 1. The van der Waals surface area contributed by atoms with Gasteiger partial charge in [-0.25, -0.2) is 4.99 Å². The van der Waals surface area contributed by atoms with Gasteiger partial charge in [-0.05, 0) is 30.4 Å². The molecule has 2 N–H and O–H groups in total. The molecule has 2 unspecified atom stereocenters. The number of amides is 1. The molecule has 0 bridgehead atoms. The maximum Gasteiger partial charge on any atom is 0.243 e. The van der Waals surface area contributed by atoms with Gasteiger partial charge in [0.1, 0.15) is 6.54 Å². The molecule has 0 aromatic heterocycles. The molecule has 30 heavy (non-hydrogen) atoms. The Morgan fingerprint density at radius 1 is 1.23 bits per heavy atom. The smallest absolute Gasteiger partial charge is 0.243 e. The second-order valence-corrected chi connectivity index (χ2v) is 10.2. The molecule has 1 amide bonds. The van der Waals surface area contributed by atoms with E-state index in [-0.39, 0.29) is 24.0 Å². The molecule has 168 valence electrons. The highest BCUT2D eigenvalue weighted by atomic mass is 32.2. The quantitative estimate of drug-likeness (QED) is 0.285. The summed E-state index contributed by atoms with van der Waals surface area (Å²) in [5, 5.41) is 6.85. The number of hydrogen-bond acceptors (Lipinski definition) is 4. The Morgan fingerprint density at radius 3 is 2.63 bits per heavy atom. The molecule has 0 aliphatic carbocycles. The van der Waals surface area contributed by atoms with E-state index in [4.69, 9.17) is 4.74 Å². The zero-order valence-electron chi connectivity index (χ0n) is 19.1. The number of likely N-dealkylation sites (N-methyl/N-ethyl adjacent to an activating group) is 1. The fraction of sp³-hybridized carbons (Fsp3) is 0.652. The molecule has 1 saturated heterocycles. The van der Waals surface area contributed by atoms with E-state index in [9.17, 15) is 4.79 Å². The molecule has 0 radical (unpaired) electrons. The standard InChI is InChI=1S/C23H38N4O2S/c1-23(2,3)21-18(10-9-14-29-21)16-25-22(26-17-20(28)27(4)5)24-13-15-30-19-11-7-6-8-12-19/h6-8,11-12,18,21H,9-10,13-17H2,1-5H3,(H2,24,25,26). The first-order chi connectivity index (χ1) is 14.3. The Hall–Kier alpha value is -1.73. The lowest BCUT2D eigenvalue weighted by atomic mass is 9.78. The zero-order chi connectivity index (χ0) is 22.0. The third kappa shape index (κ3) is 8.56. The summed E-state index contributed by atoms with van der Waals surface area (Å²) in [6, 6.07) is 10.4. The monoisotopic (exact) mass is 434 g/mol. The van der Waals surface area contributed by atoms with Crippen LogP contribution in [0.2, 0.25) is 0 Å². The van der Waals surface area contributed by atoms with E-state index in [0.717, 1.165) is 38.3 Å². The first-order valence-corrected chi connectivity index (χ1v) is 11.8. The van der Waals surface area contributed by atoms with Crippen LogP contribution in [-0.2, 0) is 9.53 Å². The molecule has 1 aromatic rings. The Labute approximate surface area is 186 Å². The second kappa shape index (κ2) is 12.2. The number of thioether (sulfide) groups is 1. The van der Waals surface area contributed by atoms with Crippen LogP contribution in [0.1, 0.15) is 33.6 Å². The van der Waals surface area contributed by atoms with Crippen molar-refractivity contribution in [2.24, 2.45) is 16.3 Å². The van der Waals surface area contributed by atoms with Gasteiger partial charge in [0.05, 0.1) is 6.10 Å². The molecule has 1 fully saturated rings. The predicted molar refractivity (Wildman–Crippen MR) is 126 cm³/mol. The summed E-state index contributed by atoms with van der Waals surface area (Å²) in [5.74, 6) is 2.03. The lowest BCUT2D eigenvalue weighted by Gasteiger charge is -2.40. The van der Waals surface area contributed by atoms with Crippen molar-refractivity contribution in [1.82, 2.24) is 15.5 Å². The van der Waals surface area contributed by atoms with E-state index < -0.39 is 0 Å². The summed E-state index contributed by atoms with van der Waals surface area (Å²) in [6.45, 7) is 9.24. The molecule has 6 nitrogen and oxygen atoms in total. The van der Waals surface area contributed by atoms with E-state index in [1.54, 1.807) is 30.8 Å². The third-order valence-electron chi connectivity index (χ3n) is 5.11. The number of rotatable bonds is 8. The minimum absolute atomic E-state index is 0.0108. The fourth-order valence-electron chi connectivity index (χ4n) is 3.55. The number of hydrogen-bond donors (Lipinski definition) is 2. The largest absolute Gasteiger partial charge is 0.377 e. The van der Waals surface area contributed by atoms with Crippen LogP contribution in [-0.4, -0.2) is 69.0 Å². The number of nitrogens with zero attached hydrogens (tertiary/aromatic N) is 2. The van der Waals surface area contributed by atoms with Crippen molar-refractivity contribution in [3.05, 3.63) is 30.3 Å². The van der Waals surface area contributed by atoms with Crippen molar-refractivity contribution in [2.45, 2.75) is 44.6 Å². The molecule has 1 aromatic carbocycles. The minimum Gasteiger partial charge on any atom is -0.377 e. The van der Waals surface area contributed by atoms with Crippen LogP contribution < -0.4 is 10.6 Å². The van der Waals surface area contributed by atoms with Gasteiger partial charge in [-0.1, -0.05) is 39.0 Å². The first kappa shape index (κ1) is 24.5. The van der Waals surface area contributed by atoms with E-state index in [1.807, 2.05) is 6.07 Å². The average molecular weight is 435 g/mol. The summed E-state index contributed by atoms with van der Waals surface area (Å²) >= 11 is 1.80. The van der Waals surface area contributed by atoms with Gasteiger partial charge in [0.2, 0.25) is 5.91 Å². The van der Waals surface area contributed by atoms with Crippen molar-refractivity contribution in [2.75, 3.05) is 46.1 Å². The molecule has 1 aliphatic rings. The van der Waals surface area contributed by atoms with Gasteiger partial charge in [0.25, 0.3) is 0 Å². The van der Waals surface area contributed by atoms with E-state index in [2.05, 4.69) is 60.7 Å². The van der Waals surface area contributed by atoms with Gasteiger partial charge >= 0.3 is 0 Å². The van der Waals surface area contributed by atoms with Gasteiger partial charge in [-0.3, -0.25) is 4.79 Å². The van der Waals surface area contributed by atoms with Gasteiger partial charge in [-0.15, -0.1) is 11.8 Å². The van der Waals surface area contributed by atoms with Crippen molar-refractivity contribution >= 4 is 23.6 Å². The molecule has 2 atom stereocenters. The Morgan fingerprint density at radius 2 is 1.97 bits per heavy atom. The third-order valence-corrected chi connectivity index (χ3v) is 6.12. The van der Waals surface area contributed by atoms with Gasteiger partial charge < -0.3 is 20.3 Å². The molecule has 0 saturated carbocycles. The number of benzene rings is 1. The molecule has 0 spiro atoms. The second-order valence-electron chi connectivity index (χ2n) is 8.98. The summed E-state index contributed by atoms with van der Waals surface area (Å²) in [6.07, 6.45) is 2.45. The maximum atomic E-state index is 12.0. The van der Waals surface area contributed by atoms with Crippen LogP contribution in [0.15, 0.2) is 40.2 Å². The summed E-state index contributed by atoms with van der Waals surface area (Å²) < 4.78 is 6.10. The highest BCUT2D eigenvalue weighted by Crippen LogP contribution is 2.33. The Bertz CT molecular complexity index is 674. The van der Waals surface area contributed by atoms with Crippen LogP contribution in [0.5, 0.6) is 0 Å². The van der Waals surface area contributed by atoms with Crippen molar-refractivity contribution < 1.29 is 9.53 Å². The summed E-state index contributed by atoms with van der Waals surface area (Å²) in [7, 11) is 3.50. The first-order valence-electron chi connectivity index (χ1n) is 10.8. The Balaban J connectivity index is 1.91. The van der Waals surface area contributed by atoms with Crippen LogP contribution in [0.3, 0.4) is 0 Å². The Kier molecular flexibility index (Phi) is 9.98. The SMILES string of the molecule is CN(C)C(=O)CN=C(NCCSc1ccccc1)NCC1CCCOC1C(C)(C)C. The summed E-state index contributed by atoms with van der Waals surface area (Å²) in [5.41, 5.74) is 0.102. The fourth-order valence-corrected chi connectivity index (χ4v) is 4.34. The number of carbonyl (C=O) groups is 1. The predicted octanol–water partition coefficient (Wildman–Crippen LogP) is 3.24. The van der Waals surface area contributed by atoms with E-state index in [1.165, 1.54) is 4.90 Å². The molecular weight excluding hydrogens is 396 g/mol. The molecular formula is C23H38N4O2S. The highest BCUT2D eigenvalue weighted by molar-refractivity contribution is 7.99. The van der Waals surface area contributed by atoms with Crippen molar-refractivity contribution in [3.8, 4) is 0 Å². The van der Waals surface area contributed by atoms with Gasteiger partial charge in [-0.2, -0.15) is 0 Å². The molecule has 2 rings (SSSR count). The molecule has 7 heteroatoms.